The second-order valence-electron chi connectivity index (χ2n) is 6.57. The lowest BCUT2D eigenvalue weighted by atomic mass is 10.3. The summed E-state index contributed by atoms with van der Waals surface area (Å²) in [5.74, 6) is 0.636. The van der Waals surface area contributed by atoms with Crippen LogP contribution in [0.4, 0.5) is 5.13 Å². The Kier molecular flexibility index (Phi) is 7.01. The molecular formula is C20H25N5O4S. The summed E-state index contributed by atoms with van der Waals surface area (Å²) in [6.45, 7) is 3.55. The fourth-order valence-corrected chi connectivity index (χ4v) is 3.74. The van der Waals surface area contributed by atoms with Crippen LogP contribution in [0, 0.1) is 0 Å². The largest absolute Gasteiger partial charge is 0.492 e. The molecule has 0 N–H and O–H groups in total. The van der Waals surface area contributed by atoms with E-state index >= 15 is 0 Å². The summed E-state index contributed by atoms with van der Waals surface area (Å²) >= 11 is 1.43. The molecule has 2 aromatic heterocycles. The lowest BCUT2D eigenvalue weighted by Gasteiger charge is -2.21. The number of aromatic nitrogens is 3. The summed E-state index contributed by atoms with van der Waals surface area (Å²) in [5.41, 5.74) is 0.904. The summed E-state index contributed by atoms with van der Waals surface area (Å²) in [6.07, 6.45) is 0. The zero-order valence-corrected chi connectivity index (χ0v) is 18.5. The third kappa shape index (κ3) is 4.77. The Labute approximate surface area is 179 Å². The lowest BCUT2D eigenvalue weighted by molar-refractivity contribution is 0.0978. The highest BCUT2D eigenvalue weighted by molar-refractivity contribution is 7.22. The van der Waals surface area contributed by atoms with Crippen LogP contribution in [-0.4, -0.2) is 73.8 Å². The molecule has 160 valence electrons. The predicted octanol–water partition coefficient (Wildman–Crippen LogP) is 2.71. The van der Waals surface area contributed by atoms with E-state index in [2.05, 4.69) is 9.97 Å². The molecule has 0 aliphatic rings. The Hall–Kier alpha value is -2.98. The minimum Gasteiger partial charge on any atom is -0.492 e. The van der Waals surface area contributed by atoms with Gasteiger partial charge < -0.3 is 19.1 Å². The van der Waals surface area contributed by atoms with Gasteiger partial charge in [0.05, 0.1) is 25.5 Å². The first-order chi connectivity index (χ1) is 14.5. The van der Waals surface area contributed by atoms with Crippen LogP contribution < -0.4 is 19.1 Å². The third-order valence-electron chi connectivity index (χ3n) is 4.21. The van der Waals surface area contributed by atoms with Gasteiger partial charge >= 0.3 is 6.01 Å². The van der Waals surface area contributed by atoms with E-state index in [9.17, 15) is 4.79 Å². The van der Waals surface area contributed by atoms with Gasteiger partial charge in [0, 0.05) is 19.2 Å². The van der Waals surface area contributed by atoms with Crippen LogP contribution in [0.3, 0.4) is 0 Å². The Morgan fingerprint density at radius 1 is 1.10 bits per heavy atom. The second kappa shape index (κ2) is 9.68. The van der Waals surface area contributed by atoms with Gasteiger partial charge in [-0.15, -0.1) is 0 Å². The van der Waals surface area contributed by atoms with E-state index in [0.29, 0.717) is 30.6 Å². The molecular weight excluding hydrogens is 406 g/mol. The van der Waals surface area contributed by atoms with Crippen molar-refractivity contribution in [3.63, 3.8) is 0 Å². The average molecular weight is 432 g/mol. The number of ether oxygens (including phenoxy) is 3. The van der Waals surface area contributed by atoms with E-state index in [0.717, 1.165) is 10.2 Å². The summed E-state index contributed by atoms with van der Waals surface area (Å²) in [5, 5.41) is 0.570. The molecule has 0 unspecified atom stereocenters. The molecule has 0 aliphatic carbocycles. The van der Waals surface area contributed by atoms with E-state index in [1.807, 2.05) is 44.1 Å². The molecule has 30 heavy (non-hydrogen) atoms. The SMILES string of the molecule is CCOc1cccc2sc(N(CCN(C)C)C(=O)c3cc(OC)nc(OC)n3)nc12. The van der Waals surface area contributed by atoms with Gasteiger partial charge in [-0.05, 0) is 33.2 Å². The van der Waals surface area contributed by atoms with Crippen molar-refractivity contribution in [2.75, 3.05) is 52.9 Å². The van der Waals surface area contributed by atoms with Crippen molar-refractivity contribution < 1.29 is 19.0 Å². The number of carbonyl (C=O) groups excluding carboxylic acids is 1. The van der Waals surface area contributed by atoms with E-state index in [1.165, 1.54) is 31.6 Å². The molecule has 0 bridgehead atoms. The highest BCUT2D eigenvalue weighted by Crippen LogP contribution is 2.34. The Bertz CT molecular complexity index is 1000. The van der Waals surface area contributed by atoms with Crippen LogP contribution in [0.25, 0.3) is 10.2 Å². The highest BCUT2D eigenvalue weighted by Gasteiger charge is 2.25. The van der Waals surface area contributed by atoms with Crippen molar-refractivity contribution >= 4 is 32.6 Å². The molecule has 3 aromatic rings. The number of methoxy groups -OCH3 is 2. The van der Waals surface area contributed by atoms with Crippen LogP contribution in [0.5, 0.6) is 17.6 Å². The number of benzene rings is 1. The quantitative estimate of drug-likeness (QED) is 0.511. The molecule has 0 radical (unpaired) electrons. The van der Waals surface area contributed by atoms with E-state index in [4.69, 9.17) is 19.2 Å². The van der Waals surface area contributed by atoms with Gasteiger partial charge in [0.2, 0.25) is 5.88 Å². The number of thiazole rings is 1. The molecule has 1 amide bonds. The van der Waals surface area contributed by atoms with E-state index in [1.54, 1.807) is 4.90 Å². The molecule has 0 saturated heterocycles. The van der Waals surface area contributed by atoms with Crippen LogP contribution >= 0.6 is 11.3 Å². The van der Waals surface area contributed by atoms with Crippen LogP contribution in [0.1, 0.15) is 17.4 Å². The lowest BCUT2D eigenvalue weighted by Crippen LogP contribution is -2.37. The number of hydrogen-bond donors (Lipinski definition) is 0. The maximum Gasteiger partial charge on any atom is 0.320 e. The molecule has 10 heteroatoms. The van der Waals surface area contributed by atoms with Crippen molar-refractivity contribution in [3.05, 3.63) is 30.0 Å². The normalized spacial score (nSPS) is 11.0. The van der Waals surface area contributed by atoms with Gasteiger partial charge in [-0.2, -0.15) is 9.97 Å². The van der Waals surface area contributed by atoms with E-state index in [-0.39, 0.29) is 23.5 Å². The molecule has 3 rings (SSSR count). The number of hydrogen-bond acceptors (Lipinski definition) is 9. The Balaban J connectivity index is 2.04. The number of amides is 1. The van der Waals surface area contributed by atoms with Gasteiger partial charge in [-0.1, -0.05) is 17.4 Å². The highest BCUT2D eigenvalue weighted by atomic mass is 32.1. The average Bonchev–Trinajstić information content (AvgIpc) is 3.18. The van der Waals surface area contributed by atoms with Crippen molar-refractivity contribution in [1.82, 2.24) is 19.9 Å². The standard InChI is InChI=1S/C20H25N5O4S/c1-6-29-14-8-7-9-15-17(14)23-20(30-15)25(11-10-24(2)3)18(26)13-12-16(27-4)22-19(21-13)28-5/h7-9,12H,6,10-11H2,1-5H3. The molecule has 0 spiro atoms. The number of carbonyl (C=O) groups is 1. The van der Waals surface area contributed by atoms with Gasteiger partial charge in [0.15, 0.2) is 5.13 Å². The number of rotatable bonds is 9. The monoisotopic (exact) mass is 431 g/mol. The molecule has 2 heterocycles. The summed E-state index contributed by atoms with van der Waals surface area (Å²) in [4.78, 5) is 30.0. The number of para-hydroxylation sites is 1. The van der Waals surface area contributed by atoms with E-state index < -0.39 is 0 Å². The zero-order chi connectivity index (χ0) is 21.7. The summed E-state index contributed by atoms with van der Waals surface area (Å²) in [6, 6.07) is 7.31. The Morgan fingerprint density at radius 2 is 1.90 bits per heavy atom. The maximum atomic E-state index is 13.4. The first-order valence-electron chi connectivity index (χ1n) is 9.42. The molecule has 9 nitrogen and oxygen atoms in total. The zero-order valence-electron chi connectivity index (χ0n) is 17.7. The molecule has 1 aromatic carbocycles. The van der Waals surface area contributed by atoms with Crippen LogP contribution in [0.2, 0.25) is 0 Å². The van der Waals surface area contributed by atoms with Crippen LogP contribution in [-0.2, 0) is 0 Å². The third-order valence-corrected chi connectivity index (χ3v) is 5.25. The predicted molar refractivity (Wildman–Crippen MR) is 116 cm³/mol. The van der Waals surface area contributed by atoms with Gasteiger partial charge in [0.25, 0.3) is 5.91 Å². The Morgan fingerprint density at radius 3 is 2.57 bits per heavy atom. The molecule has 0 fully saturated rings. The summed E-state index contributed by atoms with van der Waals surface area (Å²) < 4.78 is 16.9. The van der Waals surface area contributed by atoms with Crippen molar-refractivity contribution in [2.24, 2.45) is 0 Å². The van der Waals surface area contributed by atoms with Crippen molar-refractivity contribution in [3.8, 4) is 17.6 Å². The minimum atomic E-state index is -0.312. The smallest absolute Gasteiger partial charge is 0.320 e. The van der Waals surface area contributed by atoms with Gasteiger partial charge in [-0.25, -0.2) is 4.98 Å². The number of fused-ring (bicyclic) bond motifs is 1. The number of nitrogens with zero attached hydrogens (tertiary/aromatic N) is 5. The van der Waals surface area contributed by atoms with Crippen molar-refractivity contribution in [2.45, 2.75) is 6.92 Å². The molecule has 0 atom stereocenters. The second-order valence-corrected chi connectivity index (χ2v) is 7.58. The minimum absolute atomic E-state index is 0.0631. The fourth-order valence-electron chi connectivity index (χ4n) is 2.73. The van der Waals surface area contributed by atoms with Crippen LogP contribution in [0.15, 0.2) is 24.3 Å². The fraction of sp³-hybridized carbons (Fsp3) is 0.400. The number of likely N-dealkylation sites (N-methyl/N-ethyl adjacent to an activating group) is 1. The van der Waals surface area contributed by atoms with Crippen molar-refractivity contribution in [1.29, 1.82) is 0 Å². The molecule has 0 saturated carbocycles. The van der Waals surface area contributed by atoms with Gasteiger partial charge in [-0.3, -0.25) is 9.69 Å². The summed E-state index contributed by atoms with van der Waals surface area (Å²) in [7, 11) is 6.81. The maximum absolute atomic E-state index is 13.4. The molecule has 0 aliphatic heterocycles. The first kappa shape index (κ1) is 21.7. The number of anilines is 1. The topological polar surface area (TPSA) is 89.9 Å². The first-order valence-corrected chi connectivity index (χ1v) is 10.2. The van der Waals surface area contributed by atoms with Gasteiger partial charge in [0.1, 0.15) is 17.0 Å².